The number of carbonyl (C=O) groups is 1. The molecule has 2 unspecified atom stereocenters. The van der Waals surface area contributed by atoms with Crippen molar-refractivity contribution in [3.8, 4) is 0 Å². The standard InChI is InChI=1S/C49H88NO7P/c1-3-5-7-9-11-13-15-17-19-21-23-24-25-26-28-30-32-34-36-38-40-42-49(51)57-48(47-56-58(52,53)55-45-43-50)46-54-44-41-39-37-35-33-31-29-27-22-20-18-16-14-12-10-8-6-4-2/h5,7,11,13,17,19,23-24,26,28,32,34,48H,3-4,6,8-10,12,14-16,18,20-22,25,27,29-31,33,35-47,50H2,1-2H3,(H,52,53)/b7-5-,13-11-,19-17-,24-23-,28-26-,34-32-. The van der Waals surface area contributed by atoms with Gasteiger partial charge in [0.1, 0.15) is 6.10 Å². The van der Waals surface area contributed by atoms with Crippen LogP contribution >= 0.6 is 7.82 Å². The zero-order valence-electron chi connectivity index (χ0n) is 37.3. The van der Waals surface area contributed by atoms with E-state index in [-0.39, 0.29) is 38.8 Å². The molecule has 0 aromatic carbocycles. The maximum Gasteiger partial charge on any atom is 0.472 e. The molecule has 0 amide bonds. The van der Waals surface area contributed by atoms with E-state index in [1.54, 1.807) is 0 Å². The van der Waals surface area contributed by atoms with Crippen molar-refractivity contribution in [2.24, 2.45) is 5.73 Å². The van der Waals surface area contributed by atoms with E-state index in [9.17, 15) is 14.3 Å². The van der Waals surface area contributed by atoms with Gasteiger partial charge in [0.15, 0.2) is 0 Å². The first-order valence-electron chi connectivity index (χ1n) is 23.4. The van der Waals surface area contributed by atoms with Crippen LogP contribution in [0.4, 0.5) is 0 Å². The van der Waals surface area contributed by atoms with Crippen LogP contribution in [0.3, 0.4) is 0 Å². The Labute approximate surface area is 356 Å². The molecule has 0 aromatic heterocycles. The minimum absolute atomic E-state index is 0.0907. The van der Waals surface area contributed by atoms with Gasteiger partial charge in [0.2, 0.25) is 0 Å². The van der Waals surface area contributed by atoms with E-state index in [1.807, 2.05) is 0 Å². The third kappa shape index (κ3) is 45.0. The van der Waals surface area contributed by atoms with E-state index >= 15 is 0 Å². The average Bonchev–Trinajstić information content (AvgIpc) is 3.21. The maximum absolute atomic E-state index is 12.6. The summed E-state index contributed by atoms with van der Waals surface area (Å²) in [5, 5.41) is 0. The number of allylic oxidation sites excluding steroid dienone is 12. The number of nitrogens with two attached hydrogens (primary N) is 1. The van der Waals surface area contributed by atoms with Crippen molar-refractivity contribution < 1.29 is 32.8 Å². The van der Waals surface area contributed by atoms with E-state index in [0.29, 0.717) is 13.0 Å². The summed E-state index contributed by atoms with van der Waals surface area (Å²) in [4.78, 5) is 22.5. The van der Waals surface area contributed by atoms with Crippen molar-refractivity contribution in [3.05, 3.63) is 72.9 Å². The molecule has 3 N–H and O–H groups in total. The molecule has 0 spiro atoms. The molecule has 0 aliphatic heterocycles. The number of hydrogen-bond donors (Lipinski definition) is 2. The largest absolute Gasteiger partial charge is 0.472 e. The summed E-state index contributed by atoms with van der Waals surface area (Å²) < 4.78 is 33.5. The summed E-state index contributed by atoms with van der Waals surface area (Å²) in [6.45, 7) is 4.76. The first kappa shape index (κ1) is 55.9. The van der Waals surface area contributed by atoms with Gasteiger partial charge in [-0.1, -0.05) is 196 Å². The molecule has 0 aliphatic carbocycles. The average molecular weight is 834 g/mol. The Morgan fingerprint density at radius 2 is 0.966 bits per heavy atom. The number of carbonyl (C=O) groups excluding carboxylic acids is 1. The Morgan fingerprint density at radius 1 is 0.534 bits per heavy atom. The van der Waals surface area contributed by atoms with E-state index in [0.717, 1.165) is 64.2 Å². The molecular formula is C49H88NO7P. The molecule has 336 valence electrons. The first-order chi connectivity index (χ1) is 28.4. The second-order valence-corrected chi connectivity index (χ2v) is 16.7. The molecule has 8 nitrogen and oxygen atoms in total. The third-order valence-corrected chi connectivity index (χ3v) is 10.6. The number of esters is 1. The lowest BCUT2D eigenvalue weighted by Gasteiger charge is -2.20. The Bertz CT molecular complexity index is 1120. The summed E-state index contributed by atoms with van der Waals surface area (Å²) in [5.74, 6) is -0.372. The fourth-order valence-corrected chi connectivity index (χ4v) is 7.00. The highest BCUT2D eigenvalue weighted by Crippen LogP contribution is 2.43. The van der Waals surface area contributed by atoms with Gasteiger partial charge >= 0.3 is 13.8 Å². The summed E-state index contributed by atoms with van der Waals surface area (Å²) in [7, 11) is -4.29. The highest BCUT2D eigenvalue weighted by molar-refractivity contribution is 7.47. The zero-order valence-corrected chi connectivity index (χ0v) is 38.2. The van der Waals surface area contributed by atoms with Gasteiger partial charge in [0.05, 0.1) is 19.8 Å². The van der Waals surface area contributed by atoms with Crippen molar-refractivity contribution in [1.29, 1.82) is 0 Å². The van der Waals surface area contributed by atoms with Crippen LogP contribution < -0.4 is 5.73 Å². The van der Waals surface area contributed by atoms with Gasteiger partial charge in [-0.2, -0.15) is 0 Å². The van der Waals surface area contributed by atoms with Gasteiger partial charge in [-0.25, -0.2) is 4.57 Å². The zero-order chi connectivity index (χ0) is 42.3. The van der Waals surface area contributed by atoms with E-state index < -0.39 is 13.9 Å². The number of phosphoric ester groups is 1. The summed E-state index contributed by atoms with van der Waals surface area (Å²) in [6, 6.07) is 0. The Kier molecular flexibility index (Phi) is 44.4. The normalized spacial score (nSPS) is 14.1. The Morgan fingerprint density at radius 3 is 1.41 bits per heavy atom. The van der Waals surface area contributed by atoms with Crippen LogP contribution in [0, 0.1) is 0 Å². The molecule has 0 saturated heterocycles. The molecule has 58 heavy (non-hydrogen) atoms. The van der Waals surface area contributed by atoms with E-state index in [1.165, 1.54) is 103 Å². The fraction of sp³-hybridized carbons (Fsp3) is 0.735. The smallest absolute Gasteiger partial charge is 0.457 e. The SMILES string of the molecule is CC/C=C\C/C=C\C/C=C\C/C=C\C/C=C\C/C=C\CCCCC(=O)OC(COCCCCCCCCCCCCCCCCCCCC)COP(=O)(O)OCCN. The fourth-order valence-electron chi connectivity index (χ4n) is 6.24. The van der Waals surface area contributed by atoms with Crippen molar-refractivity contribution >= 4 is 13.8 Å². The minimum Gasteiger partial charge on any atom is -0.457 e. The molecule has 0 aromatic rings. The van der Waals surface area contributed by atoms with E-state index in [4.69, 9.17) is 24.3 Å². The molecular weight excluding hydrogens is 746 g/mol. The topological polar surface area (TPSA) is 117 Å². The molecule has 0 rings (SSSR count). The van der Waals surface area contributed by atoms with Crippen LogP contribution in [0.1, 0.15) is 194 Å². The molecule has 0 bridgehead atoms. The quantitative estimate of drug-likeness (QED) is 0.0270. The molecule has 0 aliphatic rings. The summed E-state index contributed by atoms with van der Waals surface area (Å²) in [5.41, 5.74) is 5.37. The van der Waals surface area contributed by atoms with Gasteiger partial charge in [0, 0.05) is 19.6 Å². The van der Waals surface area contributed by atoms with Crippen molar-refractivity contribution in [2.75, 3.05) is 33.0 Å². The van der Waals surface area contributed by atoms with Gasteiger partial charge in [-0.3, -0.25) is 13.8 Å². The van der Waals surface area contributed by atoms with Gasteiger partial charge in [-0.05, 0) is 64.2 Å². The van der Waals surface area contributed by atoms with Crippen LogP contribution in [0.25, 0.3) is 0 Å². The number of rotatable bonds is 44. The Hall–Kier alpha value is -2.06. The highest BCUT2D eigenvalue weighted by atomic mass is 31.2. The number of phosphoric acid groups is 1. The molecule has 0 fully saturated rings. The first-order valence-corrected chi connectivity index (χ1v) is 24.9. The van der Waals surface area contributed by atoms with Gasteiger partial charge < -0.3 is 20.1 Å². The highest BCUT2D eigenvalue weighted by Gasteiger charge is 2.25. The molecule has 0 saturated carbocycles. The Balaban J connectivity index is 4.09. The monoisotopic (exact) mass is 834 g/mol. The van der Waals surface area contributed by atoms with Crippen molar-refractivity contribution in [2.45, 2.75) is 200 Å². The van der Waals surface area contributed by atoms with E-state index in [2.05, 4.69) is 86.8 Å². The lowest BCUT2D eigenvalue weighted by atomic mass is 10.0. The predicted molar refractivity (Wildman–Crippen MR) is 247 cm³/mol. The maximum atomic E-state index is 12.6. The molecule has 9 heteroatoms. The van der Waals surface area contributed by atoms with Gasteiger partial charge in [-0.15, -0.1) is 0 Å². The van der Waals surface area contributed by atoms with Crippen molar-refractivity contribution in [1.82, 2.24) is 0 Å². The summed E-state index contributed by atoms with van der Waals surface area (Å²) in [6.07, 6.45) is 57.9. The summed E-state index contributed by atoms with van der Waals surface area (Å²) >= 11 is 0. The van der Waals surface area contributed by atoms with Gasteiger partial charge in [0.25, 0.3) is 0 Å². The number of hydrogen-bond acceptors (Lipinski definition) is 7. The minimum atomic E-state index is -4.29. The lowest BCUT2D eigenvalue weighted by Crippen LogP contribution is -2.28. The van der Waals surface area contributed by atoms with Crippen LogP contribution in [0.2, 0.25) is 0 Å². The lowest BCUT2D eigenvalue weighted by molar-refractivity contribution is -0.154. The van der Waals surface area contributed by atoms with Crippen LogP contribution in [-0.2, 0) is 27.9 Å². The molecule has 0 heterocycles. The molecule has 0 radical (unpaired) electrons. The third-order valence-electron chi connectivity index (χ3n) is 9.64. The van der Waals surface area contributed by atoms with Crippen LogP contribution in [0.15, 0.2) is 72.9 Å². The second-order valence-electron chi connectivity index (χ2n) is 15.2. The molecule has 2 atom stereocenters. The predicted octanol–water partition coefficient (Wildman–Crippen LogP) is 14.3. The van der Waals surface area contributed by atoms with Crippen molar-refractivity contribution in [3.63, 3.8) is 0 Å². The van der Waals surface area contributed by atoms with Crippen LogP contribution in [0.5, 0.6) is 0 Å². The number of unbranched alkanes of at least 4 members (excludes halogenated alkanes) is 19. The second kappa shape index (κ2) is 46.0. The number of ether oxygens (including phenoxy) is 2. The van der Waals surface area contributed by atoms with Crippen LogP contribution in [-0.4, -0.2) is 49.9 Å².